The average Bonchev–Trinajstić information content (AvgIpc) is 3.19. The predicted octanol–water partition coefficient (Wildman–Crippen LogP) is 3.86. The summed E-state index contributed by atoms with van der Waals surface area (Å²) in [5, 5.41) is 0. The summed E-state index contributed by atoms with van der Waals surface area (Å²) in [6.07, 6.45) is 6.43. The van der Waals surface area contributed by atoms with Crippen molar-refractivity contribution in [2.75, 3.05) is 0 Å². The summed E-state index contributed by atoms with van der Waals surface area (Å²) in [5.41, 5.74) is 3.11. The SMILES string of the molecule is CCCc1nc(C(C)=O)c(CC)[nH]1.CCCc1nc(C=O)c(CC)[nH]1. The summed E-state index contributed by atoms with van der Waals surface area (Å²) in [6, 6.07) is 0. The highest BCUT2D eigenvalue weighted by molar-refractivity contribution is 5.93. The van der Waals surface area contributed by atoms with Gasteiger partial charge >= 0.3 is 0 Å². The van der Waals surface area contributed by atoms with Gasteiger partial charge in [-0.1, -0.05) is 27.7 Å². The molecule has 0 bridgehead atoms. The van der Waals surface area contributed by atoms with Gasteiger partial charge in [-0.15, -0.1) is 0 Å². The van der Waals surface area contributed by atoms with Crippen LogP contribution in [-0.4, -0.2) is 32.0 Å². The maximum absolute atomic E-state index is 11.2. The van der Waals surface area contributed by atoms with Crippen LogP contribution in [0.2, 0.25) is 0 Å². The fourth-order valence-corrected chi connectivity index (χ4v) is 2.57. The standard InChI is InChI=1S/C10H16N2O.C9H14N2O/c1-4-6-9-11-8(5-2)10(12-9)7(3)13;1-3-5-9-10-7(4-2)8(6-12)11-9/h4-6H2,1-3H3,(H,11,12);6H,3-5H2,1-2H3,(H,10,11). The van der Waals surface area contributed by atoms with Crippen molar-refractivity contribution in [2.45, 2.75) is 73.1 Å². The van der Waals surface area contributed by atoms with E-state index in [1.165, 1.54) is 0 Å². The van der Waals surface area contributed by atoms with Crippen LogP contribution in [0.4, 0.5) is 0 Å². The molecule has 0 fully saturated rings. The molecule has 138 valence electrons. The monoisotopic (exact) mass is 346 g/mol. The van der Waals surface area contributed by atoms with Crippen molar-refractivity contribution in [2.24, 2.45) is 0 Å². The van der Waals surface area contributed by atoms with E-state index in [-0.39, 0.29) is 5.78 Å². The molecule has 2 N–H and O–H groups in total. The average molecular weight is 346 g/mol. The van der Waals surface area contributed by atoms with E-state index in [9.17, 15) is 9.59 Å². The molecule has 2 heterocycles. The minimum Gasteiger partial charge on any atom is -0.345 e. The predicted molar refractivity (Wildman–Crippen MR) is 99.3 cm³/mol. The number of carbonyl (C=O) groups is 2. The summed E-state index contributed by atoms with van der Waals surface area (Å²) in [6.45, 7) is 9.78. The van der Waals surface area contributed by atoms with Gasteiger partial charge < -0.3 is 9.97 Å². The van der Waals surface area contributed by atoms with Gasteiger partial charge in [0.05, 0.1) is 0 Å². The van der Waals surface area contributed by atoms with Crippen LogP contribution in [0.3, 0.4) is 0 Å². The van der Waals surface area contributed by atoms with Crippen LogP contribution < -0.4 is 0 Å². The molecular weight excluding hydrogens is 316 g/mol. The Balaban J connectivity index is 0.000000251. The number of rotatable bonds is 8. The van der Waals surface area contributed by atoms with Crippen molar-refractivity contribution in [3.05, 3.63) is 34.4 Å². The Morgan fingerprint density at radius 1 is 0.920 bits per heavy atom. The van der Waals surface area contributed by atoms with E-state index in [1.54, 1.807) is 6.92 Å². The zero-order valence-corrected chi connectivity index (χ0v) is 16.0. The lowest BCUT2D eigenvalue weighted by atomic mass is 10.2. The maximum atomic E-state index is 11.2. The van der Waals surface area contributed by atoms with Crippen LogP contribution in [-0.2, 0) is 25.7 Å². The zero-order valence-electron chi connectivity index (χ0n) is 16.0. The molecule has 2 rings (SSSR count). The van der Waals surface area contributed by atoms with Gasteiger partial charge in [0.15, 0.2) is 12.1 Å². The smallest absolute Gasteiger partial charge is 0.179 e. The zero-order chi connectivity index (χ0) is 18.8. The number of Topliss-reactive ketones (excluding diaryl/α,β-unsaturated/α-hetero) is 1. The number of nitrogens with one attached hydrogen (secondary N) is 2. The number of carbonyl (C=O) groups excluding carboxylic acids is 2. The van der Waals surface area contributed by atoms with E-state index in [1.807, 2.05) is 13.8 Å². The first-order valence-electron chi connectivity index (χ1n) is 9.12. The largest absolute Gasteiger partial charge is 0.345 e. The maximum Gasteiger partial charge on any atom is 0.179 e. The Kier molecular flexibility index (Phi) is 8.81. The second kappa shape index (κ2) is 10.6. The lowest BCUT2D eigenvalue weighted by molar-refractivity contribution is 0.101. The molecular formula is C19H30N4O2. The first kappa shape index (κ1) is 20.8. The van der Waals surface area contributed by atoms with Crippen LogP contribution >= 0.6 is 0 Å². The highest BCUT2D eigenvalue weighted by atomic mass is 16.1. The van der Waals surface area contributed by atoms with Crippen molar-refractivity contribution >= 4 is 12.1 Å². The molecule has 6 heteroatoms. The van der Waals surface area contributed by atoms with Gasteiger partial charge in [-0.3, -0.25) is 9.59 Å². The van der Waals surface area contributed by atoms with Gasteiger partial charge in [-0.05, 0) is 25.7 Å². The lowest BCUT2D eigenvalue weighted by Crippen LogP contribution is -1.97. The molecule has 0 atom stereocenters. The van der Waals surface area contributed by atoms with Gasteiger partial charge in [0.1, 0.15) is 23.0 Å². The summed E-state index contributed by atoms with van der Waals surface area (Å²) in [4.78, 5) is 36.4. The molecule has 0 aromatic carbocycles. The van der Waals surface area contributed by atoms with Gasteiger partial charge in [-0.2, -0.15) is 0 Å². The first-order chi connectivity index (χ1) is 12.0. The fraction of sp³-hybridized carbons (Fsp3) is 0.579. The van der Waals surface area contributed by atoms with Gasteiger partial charge in [0, 0.05) is 31.2 Å². The Labute approximate surface area is 149 Å². The summed E-state index contributed by atoms with van der Waals surface area (Å²) in [5.74, 6) is 1.91. The van der Waals surface area contributed by atoms with Crippen LogP contribution in [0, 0.1) is 0 Å². The number of hydrogen-bond donors (Lipinski definition) is 2. The highest BCUT2D eigenvalue weighted by Crippen LogP contribution is 2.09. The first-order valence-corrected chi connectivity index (χ1v) is 9.12. The number of ketones is 1. The summed E-state index contributed by atoms with van der Waals surface area (Å²) < 4.78 is 0. The Hall–Kier alpha value is -2.24. The topological polar surface area (TPSA) is 91.5 Å². The van der Waals surface area contributed by atoms with E-state index in [0.717, 1.165) is 67.8 Å². The van der Waals surface area contributed by atoms with E-state index in [2.05, 4.69) is 33.8 Å². The molecule has 0 aliphatic carbocycles. The van der Waals surface area contributed by atoms with Crippen molar-refractivity contribution in [1.29, 1.82) is 0 Å². The molecule has 2 aromatic heterocycles. The molecule has 0 spiro atoms. The minimum absolute atomic E-state index is 0.0513. The Bertz CT molecular complexity index is 686. The number of aromatic amines is 2. The molecule has 25 heavy (non-hydrogen) atoms. The number of imidazole rings is 2. The van der Waals surface area contributed by atoms with Crippen LogP contribution in [0.5, 0.6) is 0 Å². The van der Waals surface area contributed by atoms with Crippen LogP contribution in [0.25, 0.3) is 0 Å². The van der Waals surface area contributed by atoms with Crippen LogP contribution in [0.15, 0.2) is 0 Å². The number of aryl methyl sites for hydroxylation is 4. The second-order valence-electron chi connectivity index (χ2n) is 5.94. The number of H-pyrrole nitrogens is 2. The number of aromatic nitrogens is 4. The van der Waals surface area contributed by atoms with Crippen LogP contribution in [0.1, 0.15) is 91.5 Å². The molecule has 0 aliphatic rings. The Morgan fingerprint density at radius 3 is 1.80 bits per heavy atom. The van der Waals surface area contributed by atoms with E-state index in [4.69, 9.17) is 0 Å². The molecule has 0 unspecified atom stereocenters. The number of hydrogen-bond acceptors (Lipinski definition) is 4. The third kappa shape index (κ3) is 5.96. The summed E-state index contributed by atoms with van der Waals surface area (Å²) >= 11 is 0. The third-order valence-electron chi connectivity index (χ3n) is 3.81. The number of nitrogens with zero attached hydrogens (tertiary/aromatic N) is 2. The van der Waals surface area contributed by atoms with Crippen molar-refractivity contribution < 1.29 is 9.59 Å². The molecule has 6 nitrogen and oxygen atoms in total. The van der Waals surface area contributed by atoms with E-state index < -0.39 is 0 Å². The fourth-order valence-electron chi connectivity index (χ4n) is 2.57. The van der Waals surface area contributed by atoms with Crippen molar-refractivity contribution in [1.82, 2.24) is 19.9 Å². The molecule has 0 saturated carbocycles. The van der Waals surface area contributed by atoms with E-state index >= 15 is 0 Å². The third-order valence-corrected chi connectivity index (χ3v) is 3.81. The van der Waals surface area contributed by atoms with Gasteiger partial charge in [-0.25, -0.2) is 9.97 Å². The minimum atomic E-state index is 0.0513. The molecule has 0 radical (unpaired) electrons. The normalized spacial score (nSPS) is 10.3. The van der Waals surface area contributed by atoms with Crippen molar-refractivity contribution in [3.8, 4) is 0 Å². The lowest BCUT2D eigenvalue weighted by Gasteiger charge is -1.91. The molecule has 0 saturated heterocycles. The molecule has 0 aliphatic heterocycles. The summed E-state index contributed by atoms with van der Waals surface area (Å²) in [7, 11) is 0. The number of aldehydes is 1. The Morgan fingerprint density at radius 2 is 1.44 bits per heavy atom. The van der Waals surface area contributed by atoms with E-state index in [0.29, 0.717) is 11.4 Å². The van der Waals surface area contributed by atoms with Gasteiger partial charge in [0.25, 0.3) is 0 Å². The highest BCUT2D eigenvalue weighted by Gasteiger charge is 2.11. The quantitative estimate of drug-likeness (QED) is 0.561. The molecule has 0 amide bonds. The van der Waals surface area contributed by atoms with Gasteiger partial charge in [0.2, 0.25) is 0 Å². The van der Waals surface area contributed by atoms with Crippen molar-refractivity contribution in [3.63, 3.8) is 0 Å². The molecule has 2 aromatic rings. The second-order valence-corrected chi connectivity index (χ2v) is 5.94.